The van der Waals surface area contributed by atoms with Gasteiger partial charge in [0.25, 0.3) is 0 Å². The van der Waals surface area contributed by atoms with Crippen LogP contribution in [0.15, 0.2) is 84.4 Å². The maximum atomic E-state index is 2.36. The number of hydrogen-bond acceptors (Lipinski definition) is 0. The van der Waals surface area contributed by atoms with Gasteiger partial charge in [0.2, 0.25) is 0 Å². The number of rotatable bonds is 2. The number of fused-ring (bicyclic) bond motifs is 3. The minimum absolute atomic E-state index is 1.09. The summed E-state index contributed by atoms with van der Waals surface area (Å²) < 4.78 is 0. The van der Waals surface area contributed by atoms with E-state index in [1.165, 1.54) is 43.8 Å². The van der Waals surface area contributed by atoms with Crippen molar-refractivity contribution in [1.82, 2.24) is 0 Å². The van der Waals surface area contributed by atoms with Crippen LogP contribution in [0.3, 0.4) is 0 Å². The van der Waals surface area contributed by atoms with E-state index >= 15 is 0 Å². The first-order chi connectivity index (χ1) is 12.3. The van der Waals surface area contributed by atoms with Gasteiger partial charge in [-0.1, -0.05) is 79.2 Å². The van der Waals surface area contributed by atoms with Crippen molar-refractivity contribution in [2.75, 3.05) is 0 Å². The summed E-state index contributed by atoms with van der Waals surface area (Å²) in [4.78, 5) is 0. The van der Waals surface area contributed by atoms with E-state index in [-0.39, 0.29) is 0 Å². The van der Waals surface area contributed by atoms with Gasteiger partial charge in [0.15, 0.2) is 0 Å². The predicted octanol–water partition coefficient (Wildman–Crippen LogP) is 6.76. The Hall–Kier alpha value is -2.86. The van der Waals surface area contributed by atoms with Gasteiger partial charge in [0.1, 0.15) is 0 Å². The van der Waals surface area contributed by atoms with E-state index in [0.29, 0.717) is 0 Å². The lowest BCUT2D eigenvalue weighted by atomic mass is 9.91. The van der Waals surface area contributed by atoms with Crippen LogP contribution in [-0.4, -0.2) is 0 Å². The molecule has 120 valence electrons. The SMILES string of the molecule is CCC1=C(c2cccc3cc4ccccc4cc23)c2ccccc2C1. The summed E-state index contributed by atoms with van der Waals surface area (Å²) >= 11 is 0. The number of benzene rings is 4. The molecule has 0 heteroatoms. The van der Waals surface area contributed by atoms with Gasteiger partial charge in [0, 0.05) is 0 Å². The van der Waals surface area contributed by atoms with Crippen molar-refractivity contribution >= 4 is 27.1 Å². The Morgan fingerprint density at radius 3 is 2.20 bits per heavy atom. The zero-order chi connectivity index (χ0) is 16.8. The van der Waals surface area contributed by atoms with Gasteiger partial charge in [-0.25, -0.2) is 0 Å². The van der Waals surface area contributed by atoms with Gasteiger partial charge in [-0.3, -0.25) is 0 Å². The Balaban J connectivity index is 1.84. The zero-order valence-electron chi connectivity index (χ0n) is 14.4. The molecule has 25 heavy (non-hydrogen) atoms. The molecule has 0 spiro atoms. The summed E-state index contributed by atoms with van der Waals surface area (Å²) in [6, 6.07) is 28.9. The molecule has 0 nitrogen and oxygen atoms in total. The van der Waals surface area contributed by atoms with Crippen molar-refractivity contribution in [3.05, 3.63) is 101 Å². The van der Waals surface area contributed by atoms with Crippen molar-refractivity contribution < 1.29 is 0 Å². The number of allylic oxidation sites excluding steroid dienone is 1. The molecular weight excluding hydrogens is 300 g/mol. The quantitative estimate of drug-likeness (QED) is 0.358. The predicted molar refractivity (Wildman–Crippen MR) is 108 cm³/mol. The molecule has 1 aliphatic carbocycles. The molecule has 0 aromatic heterocycles. The van der Waals surface area contributed by atoms with Crippen LogP contribution < -0.4 is 0 Å². The molecule has 0 saturated carbocycles. The molecule has 0 heterocycles. The average molecular weight is 320 g/mol. The highest BCUT2D eigenvalue weighted by Gasteiger charge is 2.22. The molecule has 5 rings (SSSR count). The molecular formula is C25H20. The molecule has 0 unspecified atom stereocenters. The first-order valence-electron chi connectivity index (χ1n) is 9.07. The van der Waals surface area contributed by atoms with E-state index in [1.54, 1.807) is 5.57 Å². The van der Waals surface area contributed by atoms with Gasteiger partial charge in [-0.2, -0.15) is 0 Å². The fraction of sp³-hybridized carbons (Fsp3) is 0.120. The Labute approximate surface area is 148 Å². The third-order valence-electron chi connectivity index (χ3n) is 5.49. The van der Waals surface area contributed by atoms with E-state index in [4.69, 9.17) is 0 Å². The first-order valence-corrected chi connectivity index (χ1v) is 9.07. The molecule has 0 amide bonds. The molecule has 4 aromatic carbocycles. The Morgan fingerprint density at radius 1 is 0.680 bits per heavy atom. The van der Waals surface area contributed by atoms with Crippen LogP contribution in [0.2, 0.25) is 0 Å². The largest absolute Gasteiger partial charge is 0.0619 e. The van der Waals surface area contributed by atoms with Gasteiger partial charge in [0.05, 0.1) is 0 Å². The second-order valence-corrected chi connectivity index (χ2v) is 6.89. The number of hydrogen-bond donors (Lipinski definition) is 0. The monoisotopic (exact) mass is 320 g/mol. The summed E-state index contributed by atoms with van der Waals surface area (Å²) in [6.07, 6.45) is 2.19. The molecule has 1 aliphatic rings. The third-order valence-corrected chi connectivity index (χ3v) is 5.49. The molecule has 4 aromatic rings. The van der Waals surface area contributed by atoms with Gasteiger partial charge >= 0.3 is 0 Å². The molecule has 0 N–H and O–H groups in total. The summed E-state index contributed by atoms with van der Waals surface area (Å²) in [6.45, 7) is 2.28. The lowest BCUT2D eigenvalue weighted by Gasteiger charge is -2.13. The van der Waals surface area contributed by atoms with Crippen molar-refractivity contribution in [3.63, 3.8) is 0 Å². The summed E-state index contributed by atoms with van der Waals surface area (Å²) in [7, 11) is 0. The topological polar surface area (TPSA) is 0 Å². The smallest absolute Gasteiger partial charge is 0.00516 e. The second kappa shape index (κ2) is 5.60. The molecule has 0 atom stereocenters. The van der Waals surface area contributed by atoms with Crippen LogP contribution >= 0.6 is 0 Å². The Morgan fingerprint density at radius 2 is 1.36 bits per heavy atom. The van der Waals surface area contributed by atoms with Crippen molar-refractivity contribution in [2.24, 2.45) is 0 Å². The molecule has 0 radical (unpaired) electrons. The minimum Gasteiger partial charge on any atom is -0.0619 e. The maximum absolute atomic E-state index is 2.36. The van der Waals surface area contributed by atoms with Gasteiger partial charge in [-0.15, -0.1) is 0 Å². The second-order valence-electron chi connectivity index (χ2n) is 6.89. The van der Waals surface area contributed by atoms with Crippen molar-refractivity contribution in [3.8, 4) is 0 Å². The highest BCUT2D eigenvalue weighted by atomic mass is 14.3. The summed E-state index contributed by atoms with van der Waals surface area (Å²) in [5, 5.41) is 5.30. The lowest BCUT2D eigenvalue weighted by molar-refractivity contribution is 1.03. The van der Waals surface area contributed by atoms with Crippen LogP contribution in [0, 0.1) is 0 Å². The fourth-order valence-corrected chi connectivity index (χ4v) is 4.25. The minimum atomic E-state index is 1.09. The third kappa shape index (κ3) is 2.21. The van der Waals surface area contributed by atoms with Gasteiger partial charge < -0.3 is 0 Å². The van der Waals surface area contributed by atoms with Crippen molar-refractivity contribution in [1.29, 1.82) is 0 Å². The van der Waals surface area contributed by atoms with E-state index in [0.717, 1.165) is 12.8 Å². The standard InChI is InChI=1S/C25H20/c1-2-17-14-20-10-5-6-12-22(20)25(17)23-13-7-11-21-15-18-8-3-4-9-19(18)16-24(21)23/h3-13,15-16H,2,14H2,1H3. The molecule has 0 saturated heterocycles. The van der Waals surface area contributed by atoms with Crippen LogP contribution in [0.4, 0.5) is 0 Å². The highest BCUT2D eigenvalue weighted by molar-refractivity contribution is 6.06. The Kier molecular flexibility index (Phi) is 3.24. The Bertz CT molecular complexity index is 1140. The first kappa shape index (κ1) is 14.5. The molecule has 0 aliphatic heterocycles. The highest BCUT2D eigenvalue weighted by Crippen LogP contribution is 2.41. The van der Waals surface area contributed by atoms with E-state index in [9.17, 15) is 0 Å². The van der Waals surface area contributed by atoms with E-state index < -0.39 is 0 Å². The van der Waals surface area contributed by atoms with E-state index in [1.807, 2.05) is 0 Å². The summed E-state index contributed by atoms with van der Waals surface area (Å²) in [5.41, 5.74) is 7.28. The van der Waals surface area contributed by atoms with E-state index in [2.05, 4.69) is 85.8 Å². The fourth-order valence-electron chi connectivity index (χ4n) is 4.25. The molecule has 0 bridgehead atoms. The summed E-state index contributed by atoms with van der Waals surface area (Å²) in [5.74, 6) is 0. The van der Waals surface area contributed by atoms with Crippen LogP contribution in [0.5, 0.6) is 0 Å². The zero-order valence-corrected chi connectivity index (χ0v) is 14.4. The average Bonchev–Trinajstić information content (AvgIpc) is 3.04. The van der Waals surface area contributed by atoms with Crippen molar-refractivity contribution in [2.45, 2.75) is 19.8 Å². The lowest BCUT2D eigenvalue weighted by Crippen LogP contribution is -1.91. The maximum Gasteiger partial charge on any atom is -0.00516 e. The van der Waals surface area contributed by atoms with Gasteiger partial charge in [-0.05, 0) is 68.8 Å². The molecule has 0 fully saturated rings. The van der Waals surface area contributed by atoms with Crippen LogP contribution in [-0.2, 0) is 6.42 Å². The van der Waals surface area contributed by atoms with Crippen LogP contribution in [0.25, 0.3) is 27.1 Å². The normalized spacial score (nSPS) is 13.6. The van der Waals surface area contributed by atoms with Crippen LogP contribution in [0.1, 0.15) is 30.0 Å².